The van der Waals surface area contributed by atoms with Gasteiger partial charge < -0.3 is 10.2 Å². The van der Waals surface area contributed by atoms with Crippen LogP contribution in [0.15, 0.2) is 22.8 Å². The molecule has 18 heavy (non-hydrogen) atoms. The number of pyridine rings is 1. The van der Waals surface area contributed by atoms with E-state index < -0.39 is 0 Å². The number of likely N-dealkylation sites (tertiary alicyclic amines) is 1. The molecular formula is C14H22BrN3. The first-order valence-corrected chi connectivity index (χ1v) is 7.59. The van der Waals surface area contributed by atoms with Gasteiger partial charge in [-0.25, -0.2) is 0 Å². The van der Waals surface area contributed by atoms with Gasteiger partial charge in [-0.15, -0.1) is 0 Å². The second kappa shape index (κ2) is 7.22. The van der Waals surface area contributed by atoms with Crippen LogP contribution in [0.3, 0.4) is 0 Å². The van der Waals surface area contributed by atoms with Gasteiger partial charge in [0.15, 0.2) is 0 Å². The molecule has 1 aliphatic heterocycles. The maximum atomic E-state index is 4.37. The van der Waals surface area contributed by atoms with Gasteiger partial charge in [0.1, 0.15) is 0 Å². The maximum absolute atomic E-state index is 4.37. The van der Waals surface area contributed by atoms with E-state index in [0.717, 1.165) is 23.3 Å². The van der Waals surface area contributed by atoms with E-state index in [2.05, 4.69) is 44.1 Å². The summed E-state index contributed by atoms with van der Waals surface area (Å²) in [6.07, 6.45) is 5.98. The third-order valence-electron chi connectivity index (χ3n) is 3.40. The number of halogens is 1. The normalized spacial score (nSPS) is 18.8. The summed E-state index contributed by atoms with van der Waals surface area (Å²) in [4.78, 5) is 6.94. The Labute approximate surface area is 118 Å². The molecule has 2 heterocycles. The fourth-order valence-electron chi connectivity index (χ4n) is 2.38. The molecule has 1 fully saturated rings. The standard InChI is InChI=1S/C14H22BrN3/c1-12(11-18-7-3-2-4-8-18)16-10-14-6-5-13(15)9-17-14/h5-6,9,12,16H,2-4,7-8,10-11H2,1H3. The highest BCUT2D eigenvalue weighted by Gasteiger charge is 2.12. The number of aromatic nitrogens is 1. The fraction of sp³-hybridized carbons (Fsp3) is 0.643. The molecule has 0 amide bonds. The van der Waals surface area contributed by atoms with E-state index in [1.165, 1.54) is 32.4 Å². The summed E-state index contributed by atoms with van der Waals surface area (Å²) in [6.45, 7) is 6.79. The minimum Gasteiger partial charge on any atom is -0.307 e. The van der Waals surface area contributed by atoms with Crippen LogP contribution in [0.2, 0.25) is 0 Å². The van der Waals surface area contributed by atoms with Crippen LogP contribution < -0.4 is 5.32 Å². The molecular weight excluding hydrogens is 290 g/mol. The highest BCUT2D eigenvalue weighted by molar-refractivity contribution is 9.10. The van der Waals surface area contributed by atoms with E-state index in [1.807, 2.05) is 12.3 Å². The quantitative estimate of drug-likeness (QED) is 0.906. The molecule has 0 spiro atoms. The van der Waals surface area contributed by atoms with Crippen LogP contribution in [0.5, 0.6) is 0 Å². The number of hydrogen-bond acceptors (Lipinski definition) is 3. The molecule has 0 aromatic carbocycles. The van der Waals surface area contributed by atoms with Gasteiger partial charge in [-0.2, -0.15) is 0 Å². The van der Waals surface area contributed by atoms with Crippen LogP contribution in [-0.2, 0) is 6.54 Å². The SMILES string of the molecule is CC(CN1CCCCC1)NCc1ccc(Br)cn1. The summed E-state index contributed by atoms with van der Waals surface area (Å²) >= 11 is 3.40. The molecule has 3 nitrogen and oxygen atoms in total. The van der Waals surface area contributed by atoms with E-state index >= 15 is 0 Å². The zero-order valence-corrected chi connectivity index (χ0v) is 12.6. The topological polar surface area (TPSA) is 28.2 Å². The van der Waals surface area contributed by atoms with Crippen LogP contribution >= 0.6 is 15.9 Å². The van der Waals surface area contributed by atoms with Crippen LogP contribution in [0.25, 0.3) is 0 Å². The Balaban J connectivity index is 1.70. The summed E-state index contributed by atoms with van der Waals surface area (Å²) < 4.78 is 1.03. The molecule has 1 saturated heterocycles. The van der Waals surface area contributed by atoms with Gasteiger partial charge in [0.25, 0.3) is 0 Å². The van der Waals surface area contributed by atoms with E-state index in [1.54, 1.807) is 0 Å². The van der Waals surface area contributed by atoms with Crippen LogP contribution in [0.4, 0.5) is 0 Å². The molecule has 100 valence electrons. The number of rotatable bonds is 5. The van der Waals surface area contributed by atoms with Crippen molar-refractivity contribution in [1.82, 2.24) is 15.2 Å². The third kappa shape index (κ3) is 4.67. The van der Waals surface area contributed by atoms with E-state index in [9.17, 15) is 0 Å². The van der Waals surface area contributed by atoms with Crippen molar-refractivity contribution >= 4 is 15.9 Å². The average Bonchev–Trinajstić information content (AvgIpc) is 2.39. The Hall–Kier alpha value is -0.450. The molecule has 0 aliphatic carbocycles. The van der Waals surface area contributed by atoms with Crippen molar-refractivity contribution in [3.8, 4) is 0 Å². The maximum Gasteiger partial charge on any atom is 0.0542 e. The van der Waals surface area contributed by atoms with E-state index in [-0.39, 0.29) is 0 Å². The number of hydrogen-bond donors (Lipinski definition) is 1. The lowest BCUT2D eigenvalue weighted by molar-refractivity contribution is 0.208. The first kappa shape index (κ1) is 14.0. The van der Waals surface area contributed by atoms with Crippen molar-refractivity contribution in [1.29, 1.82) is 0 Å². The predicted octanol–water partition coefficient (Wildman–Crippen LogP) is 2.81. The van der Waals surface area contributed by atoms with Crippen molar-refractivity contribution in [2.75, 3.05) is 19.6 Å². The smallest absolute Gasteiger partial charge is 0.0542 e. The molecule has 0 radical (unpaired) electrons. The van der Waals surface area contributed by atoms with Gasteiger partial charge in [-0.05, 0) is 60.9 Å². The Morgan fingerprint density at radius 3 is 2.78 bits per heavy atom. The zero-order chi connectivity index (χ0) is 12.8. The first-order valence-electron chi connectivity index (χ1n) is 6.80. The second-order valence-corrected chi connectivity index (χ2v) is 6.03. The molecule has 0 bridgehead atoms. The van der Waals surface area contributed by atoms with Crippen molar-refractivity contribution in [3.05, 3.63) is 28.5 Å². The van der Waals surface area contributed by atoms with E-state index in [4.69, 9.17) is 0 Å². The molecule has 1 N–H and O–H groups in total. The van der Waals surface area contributed by atoms with E-state index in [0.29, 0.717) is 6.04 Å². The Morgan fingerprint density at radius 2 is 2.11 bits per heavy atom. The Kier molecular flexibility index (Phi) is 5.60. The van der Waals surface area contributed by atoms with Gasteiger partial charge in [-0.3, -0.25) is 4.98 Å². The average molecular weight is 312 g/mol. The van der Waals surface area contributed by atoms with Crippen LogP contribution in [0.1, 0.15) is 31.9 Å². The highest BCUT2D eigenvalue weighted by atomic mass is 79.9. The van der Waals surface area contributed by atoms with Crippen molar-refractivity contribution < 1.29 is 0 Å². The first-order chi connectivity index (χ1) is 8.74. The zero-order valence-electron chi connectivity index (χ0n) is 11.0. The Morgan fingerprint density at radius 1 is 1.33 bits per heavy atom. The molecule has 2 rings (SSSR count). The van der Waals surface area contributed by atoms with Gasteiger partial charge in [-0.1, -0.05) is 6.42 Å². The Bertz CT molecular complexity index is 347. The molecule has 1 aromatic rings. The summed E-state index contributed by atoms with van der Waals surface area (Å²) in [6, 6.07) is 4.62. The number of nitrogens with zero attached hydrogens (tertiary/aromatic N) is 2. The van der Waals surface area contributed by atoms with Gasteiger partial charge in [0, 0.05) is 29.8 Å². The number of piperidine rings is 1. The molecule has 1 atom stereocenters. The largest absolute Gasteiger partial charge is 0.307 e. The molecule has 1 unspecified atom stereocenters. The minimum atomic E-state index is 0.522. The summed E-state index contributed by atoms with van der Waals surface area (Å²) in [7, 11) is 0. The minimum absolute atomic E-state index is 0.522. The second-order valence-electron chi connectivity index (χ2n) is 5.11. The molecule has 4 heteroatoms. The fourth-order valence-corrected chi connectivity index (χ4v) is 2.62. The molecule has 1 aliphatic rings. The highest BCUT2D eigenvalue weighted by Crippen LogP contribution is 2.09. The van der Waals surface area contributed by atoms with Crippen molar-refractivity contribution in [2.45, 2.75) is 38.8 Å². The van der Waals surface area contributed by atoms with Crippen molar-refractivity contribution in [3.63, 3.8) is 0 Å². The summed E-state index contributed by atoms with van der Waals surface area (Å²) in [5, 5.41) is 3.55. The molecule has 0 saturated carbocycles. The van der Waals surface area contributed by atoms with Crippen molar-refractivity contribution in [2.24, 2.45) is 0 Å². The van der Waals surface area contributed by atoms with Crippen LogP contribution in [-0.4, -0.2) is 35.6 Å². The lowest BCUT2D eigenvalue weighted by Gasteiger charge is -2.29. The molecule has 1 aromatic heterocycles. The predicted molar refractivity (Wildman–Crippen MR) is 78.5 cm³/mol. The van der Waals surface area contributed by atoms with Gasteiger partial charge in [0.2, 0.25) is 0 Å². The monoisotopic (exact) mass is 311 g/mol. The number of nitrogens with one attached hydrogen (secondary N) is 1. The third-order valence-corrected chi connectivity index (χ3v) is 3.87. The lowest BCUT2D eigenvalue weighted by atomic mass is 10.1. The summed E-state index contributed by atoms with van der Waals surface area (Å²) in [5.41, 5.74) is 1.10. The lowest BCUT2D eigenvalue weighted by Crippen LogP contribution is -2.41. The summed E-state index contributed by atoms with van der Waals surface area (Å²) in [5.74, 6) is 0. The van der Waals surface area contributed by atoms with Gasteiger partial charge in [0.05, 0.1) is 5.69 Å². The van der Waals surface area contributed by atoms with Crippen LogP contribution in [0, 0.1) is 0 Å². The van der Waals surface area contributed by atoms with Gasteiger partial charge >= 0.3 is 0 Å².